The Bertz CT molecular complexity index is 1240. The molecule has 0 atom stereocenters. The van der Waals surface area contributed by atoms with Gasteiger partial charge >= 0.3 is 0 Å². The van der Waals surface area contributed by atoms with Crippen molar-refractivity contribution in [2.75, 3.05) is 6.86 Å². The Labute approximate surface area is 199 Å². The Morgan fingerprint density at radius 1 is 1.24 bits per heavy atom. The number of amides is 2. The summed E-state index contributed by atoms with van der Waals surface area (Å²) in [7, 11) is 0. The number of ether oxygens (including phenoxy) is 1. The van der Waals surface area contributed by atoms with Gasteiger partial charge in [-0.3, -0.25) is 9.59 Å². The molecule has 2 heterocycles. The molecule has 2 amide bonds. The van der Waals surface area contributed by atoms with Gasteiger partial charge in [-0.2, -0.15) is 0 Å². The highest BCUT2D eigenvalue weighted by atomic mass is 35.5. The summed E-state index contributed by atoms with van der Waals surface area (Å²) >= 11 is 12.5. The van der Waals surface area contributed by atoms with Gasteiger partial charge in [0.15, 0.2) is 5.82 Å². The predicted octanol–water partition coefficient (Wildman–Crippen LogP) is 4.48. The van der Waals surface area contributed by atoms with Crippen LogP contribution in [0.4, 0.5) is 4.39 Å². The highest BCUT2D eigenvalue weighted by Gasteiger charge is 2.31. The molecule has 0 unspecified atom stereocenters. The van der Waals surface area contributed by atoms with E-state index in [0.29, 0.717) is 10.6 Å². The summed E-state index contributed by atoms with van der Waals surface area (Å²) in [6, 6.07) is 6.18. The number of nitrogens with zero attached hydrogens (tertiary/aromatic N) is 3. The lowest BCUT2D eigenvalue weighted by molar-refractivity contribution is 0.0918. The van der Waals surface area contributed by atoms with Gasteiger partial charge in [0.05, 0.1) is 10.6 Å². The first-order valence-corrected chi connectivity index (χ1v) is 10.6. The van der Waals surface area contributed by atoms with E-state index in [4.69, 9.17) is 33.7 Å². The number of halogens is 3. The zero-order valence-corrected chi connectivity index (χ0v) is 19.9. The van der Waals surface area contributed by atoms with Crippen molar-refractivity contribution in [1.82, 2.24) is 20.1 Å². The van der Waals surface area contributed by atoms with Gasteiger partial charge < -0.3 is 15.8 Å². The third-order valence-electron chi connectivity index (χ3n) is 4.50. The first-order chi connectivity index (χ1) is 15.4. The smallest absolute Gasteiger partial charge is 0.268 e. The normalized spacial score (nSPS) is 11.4. The number of aryl methyl sites for hydroxylation is 1. The standard InChI is InChI=1S/C22H22Cl2FN5O3/c1-11-8-12(23)9-13(20(32)28-22(2,3)4)15(11)16-17(18(26)31)30(29-21(16)33-10-25)19-14(24)6-5-7-27-19/h5-9H,10H2,1-4H3,(H2,26,31)(H,28,32). The van der Waals surface area contributed by atoms with Crippen LogP contribution in [0.1, 0.15) is 47.2 Å². The summed E-state index contributed by atoms with van der Waals surface area (Å²) < 4.78 is 19.5. The van der Waals surface area contributed by atoms with Gasteiger partial charge in [-0.1, -0.05) is 23.2 Å². The number of nitrogens with two attached hydrogens (primary N) is 1. The number of nitrogens with one attached hydrogen (secondary N) is 1. The predicted molar refractivity (Wildman–Crippen MR) is 124 cm³/mol. The third-order valence-corrected chi connectivity index (χ3v) is 5.01. The summed E-state index contributed by atoms with van der Waals surface area (Å²) in [6.07, 6.45) is 1.44. The Hall–Kier alpha value is -3.17. The van der Waals surface area contributed by atoms with Crippen LogP contribution in [0.2, 0.25) is 10.0 Å². The summed E-state index contributed by atoms with van der Waals surface area (Å²) in [5.74, 6) is -1.56. The van der Waals surface area contributed by atoms with E-state index in [9.17, 15) is 14.0 Å². The molecule has 0 saturated carbocycles. The van der Waals surface area contributed by atoms with Crippen LogP contribution in [0.25, 0.3) is 16.9 Å². The van der Waals surface area contributed by atoms with Gasteiger partial charge in [0, 0.05) is 27.9 Å². The molecule has 0 aliphatic rings. The number of benzene rings is 1. The summed E-state index contributed by atoms with van der Waals surface area (Å²) in [5.41, 5.74) is 5.89. The van der Waals surface area contributed by atoms with E-state index in [-0.39, 0.29) is 39.1 Å². The zero-order valence-electron chi connectivity index (χ0n) is 18.4. The molecule has 0 radical (unpaired) electrons. The lowest BCUT2D eigenvalue weighted by Crippen LogP contribution is -2.40. The highest BCUT2D eigenvalue weighted by molar-refractivity contribution is 6.32. The van der Waals surface area contributed by atoms with Crippen LogP contribution in [0, 0.1) is 6.92 Å². The Balaban J connectivity index is 2.41. The van der Waals surface area contributed by atoms with Crippen LogP contribution >= 0.6 is 23.2 Å². The maximum atomic E-state index is 13.3. The van der Waals surface area contributed by atoms with Crippen molar-refractivity contribution in [3.05, 3.63) is 57.3 Å². The molecular weight excluding hydrogens is 472 g/mol. The molecule has 0 aliphatic carbocycles. The van der Waals surface area contributed by atoms with Crippen molar-refractivity contribution in [1.29, 1.82) is 0 Å². The Morgan fingerprint density at radius 3 is 2.52 bits per heavy atom. The number of aromatic nitrogens is 3. The number of hydrogen-bond acceptors (Lipinski definition) is 5. The number of pyridine rings is 1. The molecule has 0 aliphatic heterocycles. The molecule has 174 valence electrons. The van der Waals surface area contributed by atoms with Gasteiger partial charge in [-0.25, -0.2) is 14.1 Å². The summed E-state index contributed by atoms with van der Waals surface area (Å²) in [6.45, 7) is 5.89. The number of primary amides is 1. The average molecular weight is 494 g/mol. The molecule has 8 nitrogen and oxygen atoms in total. The molecule has 0 bridgehead atoms. The second-order valence-electron chi connectivity index (χ2n) is 8.22. The number of alkyl halides is 1. The van der Waals surface area contributed by atoms with Crippen LogP contribution in [0.5, 0.6) is 5.88 Å². The van der Waals surface area contributed by atoms with E-state index in [1.807, 2.05) is 20.8 Å². The molecule has 3 rings (SSSR count). The fraction of sp³-hybridized carbons (Fsp3) is 0.273. The lowest BCUT2D eigenvalue weighted by atomic mass is 9.93. The van der Waals surface area contributed by atoms with Gasteiger partial charge in [-0.15, -0.1) is 5.10 Å². The number of carbonyl (C=O) groups excluding carboxylic acids is 2. The quantitative estimate of drug-likeness (QED) is 0.525. The van der Waals surface area contributed by atoms with Gasteiger partial charge in [0.1, 0.15) is 5.69 Å². The van der Waals surface area contributed by atoms with Crippen molar-refractivity contribution < 1.29 is 18.7 Å². The van der Waals surface area contributed by atoms with Crippen molar-refractivity contribution in [2.45, 2.75) is 33.2 Å². The van der Waals surface area contributed by atoms with E-state index in [0.717, 1.165) is 4.68 Å². The molecule has 3 aromatic rings. The lowest BCUT2D eigenvalue weighted by Gasteiger charge is -2.22. The minimum atomic E-state index is -1.24. The van der Waals surface area contributed by atoms with E-state index in [1.165, 1.54) is 12.3 Å². The molecule has 33 heavy (non-hydrogen) atoms. The summed E-state index contributed by atoms with van der Waals surface area (Å²) in [5, 5.41) is 7.53. The van der Waals surface area contributed by atoms with Crippen LogP contribution in [-0.2, 0) is 0 Å². The Morgan fingerprint density at radius 2 is 1.94 bits per heavy atom. The van der Waals surface area contributed by atoms with Crippen molar-refractivity contribution in [2.24, 2.45) is 5.73 Å². The Kier molecular flexibility index (Phi) is 6.94. The van der Waals surface area contributed by atoms with Gasteiger partial charge in [-0.05, 0) is 57.5 Å². The van der Waals surface area contributed by atoms with E-state index in [1.54, 1.807) is 25.1 Å². The molecular formula is C22H22Cl2FN5O3. The molecule has 0 fully saturated rings. The second kappa shape index (κ2) is 9.36. The minimum Gasteiger partial charge on any atom is -0.444 e. The first kappa shape index (κ1) is 24.5. The molecule has 2 aromatic heterocycles. The van der Waals surface area contributed by atoms with E-state index < -0.39 is 24.2 Å². The van der Waals surface area contributed by atoms with E-state index >= 15 is 0 Å². The van der Waals surface area contributed by atoms with Crippen molar-refractivity contribution >= 4 is 35.0 Å². The topological polar surface area (TPSA) is 112 Å². The van der Waals surface area contributed by atoms with Gasteiger partial charge in [0.25, 0.3) is 11.8 Å². The SMILES string of the molecule is Cc1cc(Cl)cc(C(=O)NC(C)(C)C)c1-c1c(OCF)nn(-c2ncccc2Cl)c1C(N)=O. The first-order valence-electron chi connectivity index (χ1n) is 9.80. The summed E-state index contributed by atoms with van der Waals surface area (Å²) in [4.78, 5) is 30.0. The molecule has 3 N–H and O–H groups in total. The maximum absolute atomic E-state index is 13.3. The molecule has 11 heteroatoms. The van der Waals surface area contributed by atoms with Crippen molar-refractivity contribution in [3.8, 4) is 22.8 Å². The molecule has 0 spiro atoms. The third kappa shape index (κ3) is 5.09. The average Bonchev–Trinajstić information content (AvgIpc) is 3.05. The molecule has 1 aromatic carbocycles. The zero-order chi connectivity index (χ0) is 24.5. The fourth-order valence-electron chi connectivity index (χ4n) is 3.35. The van der Waals surface area contributed by atoms with Crippen molar-refractivity contribution in [3.63, 3.8) is 0 Å². The largest absolute Gasteiger partial charge is 0.444 e. The van der Waals surface area contributed by atoms with Crippen LogP contribution in [0.15, 0.2) is 30.5 Å². The van der Waals surface area contributed by atoms with Gasteiger partial charge in [0.2, 0.25) is 12.7 Å². The number of hydrogen-bond donors (Lipinski definition) is 2. The van der Waals surface area contributed by atoms with Crippen LogP contribution in [0.3, 0.4) is 0 Å². The molecule has 0 saturated heterocycles. The minimum absolute atomic E-state index is 0.0232. The van der Waals surface area contributed by atoms with Crippen LogP contribution in [-0.4, -0.2) is 39.0 Å². The van der Waals surface area contributed by atoms with Crippen LogP contribution < -0.4 is 15.8 Å². The monoisotopic (exact) mass is 493 g/mol. The fourth-order valence-corrected chi connectivity index (χ4v) is 3.83. The maximum Gasteiger partial charge on any atom is 0.268 e. The second-order valence-corrected chi connectivity index (χ2v) is 9.06. The number of rotatable bonds is 6. The van der Waals surface area contributed by atoms with E-state index in [2.05, 4.69) is 15.4 Å². The number of carbonyl (C=O) groups is 2. The highest BCUT2D eigenvalue weighted by Crippen LogP contribution is 2.40.